The largest absolute Gasteiger partial charge is 0.443 e. The highest BCUT2D eigenvalue weighted by Crippen LogP contribution is 2.25. The molecular weight excluding hydrogens is 381 g/mol. The van der Waals surface area contributed by atoms with E-state index in [1.54, 1.807) is 35.8 Å². The number of carbonyl (C=O) groups excluding carboxylic acids is 1. The molecule has 0 aliphatic heterocycles. The Morgan fingerprint density at radius 3 is 2.88 bits per heavy atom. The number of anilines is 1. The number of thiophene rings is 1. The molecule has 8 heteroatoms. The molecular formula is C17H16Cl2N3O2S+. The Morgan fingerprint density at radius 2 is 2.16 bits per heavy atom. The summed E-state index contributed by atoms with van der Waals surface area (Å²) in [6, 6.07) is 8.90. The van der Waals surface area contributed by atoms with Crippen LogP contribution in [0.15, 0.2) is 46.4 Å². The Balaban J connectivity index is 1.54. The zero-order valence-electron chi connectivity index (χ0n) is 13.4. The summed E-state index contributed by atoms with van der Waals surface area (Å²) in [4.78, 5) is 18.6. The average molecular weight is 397 g/mol. The molecule has 0 aliphatic rings. The highest BCUT2D eigenvalue weighted by molar-refractivity contribution is 7.13. The number of quaternary nitrogens is 1. The van der Waals surface area contributed by atoms with Crippen LogP contribution in [-0.4, -0.2) is 24.5 Å². The van der Waals surface area contributed by atoms with Gasteiger partial charge in [-0.25, -0.2) is 4.98 Å². The van der Waals surface area contributed by atoms with Gasteiger partial charge in [-0.2, -0.15) is 0 Å². The summed E-state index contributed by atoms with van der Waals surface area (Å²) in [7, 11) is 1.92. The zero-order valence-corrected chi connectivity index (χ0v) is 15.7. The first-order valence-electron chi connectivity index (χ1n) is 7.56. The van der Waals surface area contributed by atoms with E-state index in [1.807, 2.05) is 24.6 Å². The van der Waals surface area contributed by atoms with Gasteiger partial charge < -0.3 is 14.6 Å². The highest BCUT2D eigenvalue weighted by Gasteiger charge is 2.15. The fourth-order valence-corrected chi connectivity index (χ4v) is 3.28. The second kappa shape index (κ2) is 8.01. The van der Waals surface area contributed by atoms with Gasteiger partial charge in [-0.05, 0) is 29.6 Å². The van der Waals surface area contributed by atoms with Gasteiger partial charge in [0.05, 0.1) is 22.0 Å². The first-order valence-corrected chi connectivity index (χ1v) is 9.19. The fraction of sp³-hybridized carbons (Fsp3) is 0.176. The van der Waals surface area contributed by atoms with Crippen LogP contribution in [0.1, 0.15) is 5.69 Å². The first kappa shape index (κ1) is 17.9. The number of amides is 1. The fourth-order valence-electron chi connectivity index (χ4n) is 2.33. The quantitative estimate of drug-likeness (QED) is 0.671. The van der Waals surface area contributed by atoms with Crippen molar-refractivity contribution in [3.8, 4) is 10.8 Å². The Labute approximate surface area is 159 Å². The number of halogens is 2. The van der Waals surface area contributed by atoms with Gasteiger partial charge in [0.2, 0.25) is 5.89 Å². The minimum Gasteiger partial charge on any atom is -0.443 e. The van der Waals surface area contributed by atoms with E-state index in [1.165, 1.54) is 0 Å². The molecule has 2 N–H and O–H groups in total. The lowest BCUT2D eigenvalue weighted by molar-refractivity contribution is -0.885. The van der Waals surface area contributed by atoms with Gasteiger partial charge in [-0.3, -0.25) is 4.79 Å². The molecule has 130 valence electrons. The van der Waals surface area contributed by atoms with E-state index in [0.717, 1.165) is 15.5 Å². The molecule has 0 saturated heterocycles. The maximum atomic E-state index is 12.2. The van der Waals surface area contributed by atoms with Crippen LogP contribution in [0.25, 0.3) is 10.8 Å². The van der Waals surface area contributed by atoms with Gasteiger partial charge in [0, 0.05) is 5.69 Å². The monoisotopic (exact) mass is 396 g/mol. The number of nitrogens with zero attached hydrogens (tertiary/aromatic N) is 1. The number of benzene rings is 1. The van der Waals surface area contributed by atoms with Crippen molar-refractivity contribution in [2.75, 3.05) is 18.9 Å². The number of hydrogen-bond donors (Lipinski definition) is 2. The highest BCUT2D eigenvalue weighted by atomic mass is 35.5. The molecule has 1 amide bonds. The Morgan fingerprint density at radius 1 is 1.32 bits per heavy atom. The van der Waals surface area contributed by atoms with Gasteiger partial charge in [0.1, 0.15) is 18.5 Å². The van der Waals surface area contributed by atoms with E-state index in [9.17, 15) is 4.79 Å². The van der Waals surface area contributed by atoms with Gasteiger partial charge in [0.15, 0.2) is 6.54 Å². The molecule has 0 fully saturated rings. The topological polar surface area (TPSA) is 59.6 Å². The molecule has 0 spiro atoms. The van der Waals surface area contributed by atoms with Crippen molar-refractivity contribution in [2.24, 2.45) is 0 Å². The summed E-state index contributed by atoms with van der Waals surface area (Å²) in [6.45, 7) is 0.880. The smallest absolute Gasteiger partial charge is 0.279 e. The van der Waals surface area contributed by atoms with Gasteiger partial charge in [0.25, 0.3) is 5.91 Å². The molecule has 0 saturated carbocycles. The average Bonchev–Trinajstić information content (AvgIpc) is 3.21. The van der Waals surface area contributed by atoms with Crippen LogP contribution >= 0.6 is 34.5 Å². The SMILES string of the molecule is C[NH+](CC(=O)Nc1ccc(Cl)c(Cl)c1)Cc1coc(-c2cccs2)n1. The van der Waals surface area contributed by atoms with E-state index < -0.39 is 0 Å². The number of likely N-dealkylation sites (N-methyl/N-ethyl adjacent to an activating group) is 1. The third kappa shape index (κ3) is 4.83. The maximum Gasteiger partial charge on any atom is 0.279 e. The summed E-state index contributed by atoms with van der Waals surface area (Å²) in [5.74, 6) is 0.496. The summed E-state index contributed by atoms with van der Waals surface area (Å²) >= 11 is 13.4. The molecule has 1 unspecified atom stereocenters. The molecule has 2 heterocycles. The Bertz CT molecular complexity index is 865. The van der Waals surface area contributed by atoms with E-state index in [2.05, 4.69) is 10.3 Å². The minimum absolute atomic E-state index is 0.113. The molecule has 5 nitrogen and oxygen atoms in total. The Kier molecular flexibility index (Phi) is 5.75. The van der Waals surface area contributed by atoms with Crippen molar-refractivity contribution in [1.29, 1.82) is 0 Å². The molecule has 2 aromatic heterocycles. The van der Waals surface area contributed by atoms with Crippen LogP contribution in [0.3, 0.4) is 0 Å². The predicted octanol–water partition coefficient (Wildman–Crippen LogP) is 3.36. The van der Waals surface area contributed by atoms with E-state index in [0.29, 0.717) is 34.7 Å². The summed E-state index contributed by atoms with van der Waals surface area (Å²) in [5, 5.41) is 5.65. The van der Waals surface area contributed by atoms with Crippen molar-refractivity contribution in [3.63, 3.8) is 0 Å². The van der Waals surface area contributed by atoms with Crippen LogP contribution in [0.5, 0.6) is 0 Å². The third-order valence-electron chi connectivity index (χ3n) is 3.43. The molecule has 1 aromatic carbocycles. The standard InChI is InChI=1S/C17H15Cl2N3O2S/c1-22(8-12-10-24-17(21-12)15-3-2-6-25-15)9-16(23)20-11-4-5-13(18)14(19)7-11/h2-7,10H,8-9H2,1H3,(H,20,23)/p+1. The summed E-state index contributed by atoms with van der Waals surface area (Å²) < 4.78 is 5.49. The lowest BCUT2D eigenvalue weighted by Crippen LogP contribution is -3.08. The second-order valence-corrected chi connectivity index (χ2v) is 7.37. The number of rotatable bonds is 6. The molecule has 0 radical (unpaired) electrons. The van der Waals surface area contributed by atoms with Crippen molar-refractivity contribution < 1.29 is 14.1 Å². The molecule has 3 aromatic rings. The minimum atomic E-state index is -0.113. The van der Waals surface area contributed by atoms with E-state index >= 15 is 0 Å². The summed E-state index contributed by atoms with van der Waals surface area (Å²) in [5.41, 5.74) is 1.43. The molecule has 3 rings (SSSR count). The number of oxazole rings is 1. The number of hydrogen-bond acceptors (Lipinski definition) is 4. The van der Waals surface area contributed by atoms with Crippen LogP contribution in [0.2, 0.25) is 10.0 Å². The number of carbonyl (C=O) groups is 1. The summed E-state index contributed by atoms with van der Waals surface area (Å²) in [6.07, 6.45) is 1.63. The van der Waals surface area contributed by atoms with Crippen molar-refractivity contribution >= 4 is 46.1 Å². The normalized spacial score (nSPS) is 12.1. The van der Waals surface area contributed by atoms with Crippen LogP contribution in [-0.2, 0) is 11.3 Å². The lowest BCUT2D eigenvalue weighted by Gasteiger charge is -2.12. The first-order chi connectivity index (χ1) is 12.0. The molecule has 1 atom stereocenters. The molecule has 0 bridgehead atoms. The molecule has 0 aliphatic carbocycles. The van der Waals surface area contributed by atoms with Gasteiger partial charge in [-0.1, -0.05) is 29.3 Å². The van der Waals surface area contributed by atoms with Crippen LogP contribution in [0, 0.1) is 0 Å². The van der Waals surface area contributed by atoms with Crippen LogP contribution < -0.4 is 10.2 Å². The lowest BCUT2D eigenvalue weighted by atomic mass is 10.3. The second-order valence-electron chi connectivity index (χ2n) is 5.61. The predicted molar refractivity (Wildman–Crippen MR) is 100 cm³/mol. The maximum absolute atomic E-state index is 12.2. The number of aromatic nitrogens is 1. The van der Waals surface area contributed by atoms with Crippen molar-refractivity contribution in [3.05, 3.63) is 57.7 Å². The van der Waals surface area contributed by atoms with E-state index in [-0.39, 0.29) is 5.91 Å². The van der Waals surface area contributed by atoms with Crippen molar-refractivity contribution in [2.45, 2.75) is 6.54 Å². The van der Waals surface area contributed by atoms with Gasteiger partial charge >= 0.3 is 0 Å². The van der Waals surface area contributed by atoms with Crippen molar-refractivity contribution in [1.82, 2.24) is 4.98 Å². The Hall–Kier alpha value is -1.86. The third-order valence-corrected chi connectivity index (χ3v) is 5.03. The van der Waals surface area contributed by atoms with Gasteiger partial charge in [-0.15, -0.1) is 11.3 Å². The molecule has 25 heavy (non-hydrogen) atoms. The van der Waals surface area contributed by atoms with Crippen LogP contribution in [0.4, 0.5) is 5.69 Å². The zero-order chi connectivity index (χ0) is 17.8. The number of nitrogens with one attached hydrogen (secondary N) is 2. The van der Waals surface area contributed by atoms with E-state index in [4.69, 9.17) is 27.6 Å².